The normalized spacial score (nSPS) is 16.7. The van der Waals surface area contributed by atoms with Crippen molar-refractivity contribution in [1.29, 1.82) is 0 Å². The number of ether oxygens (including phenoxy) is 1. The molecule has 4 heteroatoms. The van der Waals surface area contributed by atoms with E-state index < -0.39 is 12.2 Å². The lowest BCUT2D eigenvalue weighted by Gasteiger charge is -2.33. The van der Waals surface area contributed by atoms with Crippen LogP contribution >= 0.6 is 0 Å². The maximum atomic E-state index is 10.4. The molecule has 0 rings (SSSR count). The highest BCUT2D eigenvalue weighted by atomic mass is 16.5. The van der Waals surface area contributed by atoms with Crippen LogP contribution in [0.25, 0.3) is 0 Å². The van der Waals surface area contributed by atoms with Crippen molar-refractivity contribution < 1.29 is 20.1 Å². The van der Waals surface area contributed by atoms with Gasteiger partial charge in [-0.25, -0.2) is 0 Å². The summed E-state index contributed by atoms with van der Waals surface area (Å²) in [5, 5.41) is 28.7. The zero-order valence-electron chi connectivity index (χ0n) is 14.3. The second-order valence-corrected chi connectivity index (χ2v) is 7.08. The number of aliphatic hydroxyl groups is 3. The van der Waals surface area contributed by atoms with Gasteiger partial charge in [0.05, 0.1) is 25.4 Å². The average molecular weight is 304 g/mol. The minimum absolute atomic E-state index is 0.0736. The Labute approximate surface area is 130 Å². The Morgan fingerprint density at radius 1 is 0.952 bits per heavy atom. The van der Waals surface area contributed by atoms with Crippen molar-refractivity contribution in [2.24, 2.45) is 5.41 Å². The maximum Gasteiger partial charge on any atom is 0.100 e. The van der Waals surface area contributed by atoms with Crippen LogP contribution in [0.4, 0.5) is 0 Å². The van der Waals surface area contributed by atoms with Crippen molar-refractivity contribution in [1.82, 2.24) is 0 Å². The molecule has 128 valence electrons. The van der Waals surface area contributed by atoms with Gasteiger partial charge >= 0.3 is 0 Å². The molecule has 3 N–H and O–H groups in total. The Balaban J connectivity index is 4.19. The van der Waals surface area contributed by atoms with Crippen molar-refractivity contribution in [3.8, 4) is 0 Å². The molecule has 0 saturated heterocycles. The highest BCUT2D eigenvalue weighted by molar-refractivity contribution is 4.81. The number of unbranched alkanes of at least 4 members (excludes halogenated alkanes) is 5. The topological polar surface area (TPSA) is 69.9 Å². The summed E-state index contributed by atoms with van der Waals surface area (Å²) in [4.78, 5) is 0. The summed E-state index contributed by atoms with van der Waals surface area (Å²) < 4.78 is 5.65. The van der Waals surface area contributed by atoms with Gasteiger partial charge in [0.2, 0.25) is 0 Å². The Hall–Kier alpha value is -0.160. The van der Waals surface area contributed by atoms with Gasteiger partial charge in [-0.2, -0.15) is 0 Å². The first kappa shape index (κ1) is 20.8. The lowest BCUT2D eigenvalue weighted by atomic mass is 9.84. The number of aliphatic hydroxyl groups excluding tert-OH is 3. The van der Waals surface area contributed by atoms with Crippen LogP contribution in [0.3, 0.4) is 0 Å². The van der Waals surface area contributed by atoms with E-state index in [9.17, 15) is 10.2 Å². The molecule has 0 bridgehead atoms. The molecule has 0 aromatic carbocycles. The molecule has 0 fully saturated rings. The second kappa shape index (κ2) is 11.4. The van der Waals surface area contributed by atoms with Gasteiger partial charge < -0.3 is 20.1 Å². The van der Waals surface area contributed by atoms with Gasteiger partial charge in [-0.15, -0.1) is 0 Å². The summed E-state index contributed by atoms with van der Waals surface area (Å²) in [6.45, 7) is 7.92. The predicted molar refractivity (Wildman–Crippen MR) is 86.3 cm³/mol. The predicted octanol–water partition coefficient (Wildman–Crippen LogP) is 2.88. The van der Waals surface area contributed by atoms with Crippen LogP contribution in [0.5, 0.6) is 0 Å². The SMILES string of the molecule is CCCCCCCCC(OCC(O)CO)C(O)C(C)(C)C. The smallest absolute Gasteiger partial charge is 0.100 e. The Kier molecular flexibility index (Phi) is 11.3. The van der Waals surface area contributed by atoms with Gasteiger partial charge in [0.1, 0.15) is 6.10 Å². The number of rotatable bonds is 12. The first-order valence-electron chi connectivity index (χ1n) is 8.41. The van der Waals surface area contributed by atoms with E-state index in [0.717, 1.165) is 19.3 Å². The minimum atomic E-state index is -0.871. The molecule has 0 amide bonds. The van der Waals surface area contributed by atoms with E-state index in [0.29, 0.717) is 0 Å². The monoisotopic (exact) mass is 304 g/mol. The van der Waals surface area contributed by atoms with E-state index in [2.05, 4.69) is 6.92 Å². The van der Waals surface area contributed by atoms with Crippen LogP contribution < -0.4 is 0 Å². The van der Waals surface area contributed by atoms with E-state index in [-0.39, 0.29) is 24.7 Å². The molecular formula is C17H36O4. The lowest BCUT2D eigenvalue weighted by Crippen LogP contribution is -2.41. The van der Waals surface area contributed by atoms with E-state index in [1.165, 1.54) is 25.7 Å². The minimum Gasteiger partial charge on any atom is -0.394 e. The third-order valence-electron chi connectivity index (χ3n) is 3.80. The first-order chi connectivity index (χ1) is 9.82. The molecule has 0 spiro atoms. The summed E-state index contributed by atoms with van der Waals surface area (Å²) in [6, 6.07) is 0. The second-order valence-electron chi connectivity index (χ2n) is 7.08. The van der Waals surface area contributed by atoms with Gasteiger partial charge in [0.25, 0.3) is 0 Å². The van der Waals surface area contributed by atoms with Gasteiger partial charge in [-0.1, -0.05) is 66.2 Å². The molecule has 3 atom stereocenters. The molecular weight excluding hydrogens is 268 g/mol. The fraction of sp³-hybridized carbons (Fsp3) is 1.00. The van der Waals surface area contributed by atoms with E-state index >= 15 is 0 Å². The van der Waals surface area contributed by atoms with Crippen LogP contribution in [-0.2, 0) is 4.74 Å². The summed E-state index contributed by atoms with van der Waals surface area (Å²) in [5.41, 5.74) is -0.253. The zero-order valence-corrected chi connectivity index (χ0v) is 14.3. The highest BCUT2D eigenvalue weighted by Crippen LogP contribution is 2.26. The van der Waals surface area contributed by atoms with Gasteiger partial charge in [0, 0.05) is 0 Å². The molecule has 4 nitrogen and oxygen atoms in total. The molecule has 0 saturated carbocycles. The van der Waals surface area contributed by atoms with E-state index in [4.69, 9.17) is 9.84 Å². The lowest BCUT2D eigenvalue weighted by molar-refractivity contribution is -0.108. The molecule has 0 heterocycles. The summed E-state index contributed by atoms with van der Waals surface area (Å²) in [6.07, 6.45) is 6.28. The quantitative estimate of drug-likeness (QED) is 0.485. The summed E-state index contributed by atoms with van der Waals surface area (Å²) in [7, 11) is 0. The molecule has 0 aliphatic heterocycles. The first-order valence-corrected chi connectivity index (χ1v) is 8.41. The van der Waals surface area contributed by atoms with Crippen LogP contribution in [-0.4, -0.2) is 46.8 Å². The van der Waals surface area contributed by atoms with Crippen molar-refractivity contribution >= 4 is 0 Å². The average Bonchev–Trinajstić information content (AvgIpc) is 2.43. The molecule has 0 aliphatic carbocycles. The molecule has 0 aliphatic rings. The molecule has 0 aromatic rings. The summed E-state index contributed by atoms with van der Waals surface area (Å²) >= 11 is 0. The summed E-state index contributed by atoms with van der Waals surface area (Å²) in [5.74, 6) is 0. The molecule has 3 unspecified atom stereocenters. The van der Waals surface area contributed by atoms with E-state index in [1.807, 2.05) is 20.8 Å². The fourth-order valence-electron chi connectivity index (χ4n) is 2.30. The molecule has 21 heavy (non-hydrogen) atoms. The van der Waals surface area contributed by atoms with Crippen molar-refractivity contribution in [2.45, 2.75) is 91.0 Å². The van der Waals surface area contributed by atoms with Gasteiger partial charge in [-0.05, 0) is 11.8 Å². The van der Waals surface area contributed by atoms with Crippen LogP contribution in [0, 0.1) is 5.41 Å². The van der Waals surface area contributed by atoms with Crippen LogP contribution in [0.1, 0.15) is 72.6 Å². The molecule has 0 aromatic heterocycles. The highest BCUT2D eigenvalue weighted by Gasteiger charge is 2.31. The Morgan fingerprint density at radius 2 is 1.52 bits per heavy atom. The van der Waals surface area contributed by atoms with Crippen molar-refractivity contribution in [2.75, 3.05) is 13.2 Å². The fourth-order valence-corrected chi connectivity index (χ4v) is 2.30. The van der Waals surface area contributed by atoms with Crippen LogP contribution in [0.15, 0.2) is 0 Å². The third kappa shape index (κ3) is 10.2. The van der Waals surface area contributed by atoms with E-state index in [1.54, 1.807) is 0 Å². The number of hydrogen-bond donors (Lipinski definition) is 3. The van der Waals surface area contributed by atoms with Crippen LogP contribution in [0.2, 0.25) is 0 Å². The Morgan fingerprint density at radius 3 is 2.05 bits per heavy atom. The van der Waals surface area contributed by atoms with Gasteiger partial charge in [0.15, 0.2) is 0 Å². The number of hydrogen-bond acceptors (Lipinski definition) is 4. The maximum absolute atomic E-state index is 10.4. The standard InChI is InChI=1S/C17H36O4/c1-5-6-7-8-9-10-11-15(16(20)17(2,3)4)21-13-14(19)12-18/h14-16,18-20H,5-13H2,1-4H3. The zero-order chi connectivity index (χ0) is 16.3. The Bertz CT molecular complexity index is 237. The largest absolute Gasteiger partial charge is 0.394 e. The van der Waals surface area contributed by atoms with Crippen molar-refractivity contribution in [3.63, 3.8) is 0 Å². The third-order valence-corrected chi connectivity index (χ3v) is 3.80. The van der Waals surface area contributed by atoms with Gasteiger partial charge in [-0.3, -0.25) is 0 Å². The molecule has 0 radical (unpaired) electrons. The van der Waals surface area contributed by atoms with Crippen molar-refractivity contribution in [3.05, 3.63) is 0 Å².